The van der Waals surface area contributed by atoms with Crippen LogP contribution in [0.4, 0.5) is 5.82 Å². The molecule has 2 N–H and O–H groups in total. The van der Waals surface area contributed by atoms with Gasteiger partial charge in [-0.25, -0.2) is 4.79 Å². The van der Waals surface area contributed by atoms with Crippen LogP contribution in [0, 0.1) is 5.92 Å². The summed E-state index contributed by atoms with van der Waals surface area (Å²) in [6, 6.07) is 10.0. The summed E-state index contributed by atoms with van der Waals surface area (Å²) in [5, 5.41) is 0. The van der Waals surface area contributed by atoms with E-state index in [1.807, 2.05) is 39.0 Å². The average molecular weight is 495 g/mol. The van der Waals surface area contributed by atoms with E-state index in [1.54, 1.807) is 38.2 Å². The van der Waals surface area contributed by atoms with Crippen molar-refractivity contribution >= 4 is 20.7 Å². The van der Waals surface area contributed by atoms with Gasteiger partial charge in [-0.2, -0.15) is 4.98 Å². The number of para-hydroxylation sites is 1. The standard InChI is InChI=1S/C23H35N4O6P/c1-6-19(32-18(5)26-13-12-21(24)25-23(26)29)15-31-34-27(33-20-10-8-7-9-11-20)17(4)22(28)30-14-16(2)3/h7-13,16-19,34H,6,14-15H2,1-5H3,(H2,24,25,29)/t17-,18+,19-/m0/s1. The van der Waals surface area contributed by atoms with Crippen LogP contribution in [-0.4, -0.2) is 45.7 Å². The van der Waals surface area contributed by atoms with Gasteiger partial charge < -0.3 is 24.6 Å². The molecular formula is C23H35N4O6P. The molecule has 188 valence electrons. The number of carbonyl (C=O) groups is 1. The number of hydrogen-bond acceptors (Lipinski definition) is 9. The van der Waals surface area contributed by atoms with Gasteiger partial charge in [-0.1, -0.05) is 43.8 Å². The van der Waals surface area contributed by atoms with Gasteiger partial charge in [0, 0.05) is 6.20 Å². The quantitative estimate of drug-likeness (QED) is 0.239. The van der Waals surface area contributed by atoms with Crippen molar-refractivity contribution in [3.63, 3.8) is 0 Å². The summed E-state index contributed by atoms with van der Waals surface area (Å²) in [4.78, 5) is 35.7. The van der Waals surface area contributed by atoms with Gasteiger partial charge in [-0.05, 0) is 44.4 Å². The molecule has 34 heavy (non-hydrogen) atoms. The third kappa shape index (κ3) is 9.02. The number of hydroxylamine groups is 1. The Morgan fingerprint density at radius 2 is 1.85 bits per heavy atom. The fourth-order valence-electron chi connectivity index (χ4n) is 2.73. The topological polar surface area (TPSA) is 118 Å². The summed E-state index contributed by atoms with van der Waals surface area (Å²) >= 11 is 0. The van der Waals surface area contributed by atoms with Crippen LogP contribution in [0.15, 0.2) is 47.4 Å². The first-order chi connectivity index (χ1) is 16.2. The van der Waals surface area contributed by atoms with Crippen LogP contribution in [0.1, 0.15) is 47.3 Å². The van der Waals surface area contributed by atoms with Crippen molar-refractivity contribution in [1.29, 1.82) is 0 Å². The molecule has 1 heterocycles. The molecule has 0 bridgehead atoms. The second-order valence-corrected chi connectivity index (χ2v) is 9.05. The number of nitrogen functional groups attached to an aromatic ring is 1. The second-order valence-electron chi connectivity index (χ2n) is 8.14. The number of hydrogen-bond donors (Lipinski definition) is 1. The zero-order valence-corrected chi connectivity index (χ0v) is 21.3. The van der Waals surface area contributed by atoms with Gasteiger partial charge in [0.1, 0.15) is 32.8 Å². The van der Waals surface area contributed by atoms with E-state index in [2.05, 4.69) is 4.98 Å². The van der Waals surface area contributed by atoms with Crippen LogP contribution in [0.5, 0.6) is 5.75 Å². The molecule has 0 fully saturated rings. The summed E-state index contributed by atoms with van der Waals surface area (Å²) in [7, 11) is -0.291. The Bertz CT molecular complexity index is 943. The maximum absolute atomic E-state index is 12.5. The minimum atomic E-state index is -0.684. The highest BCUT2D eigenvalue weighted by atomic mass is 31.1. The summed E-state index contributed by atoms with van der Waals surface area (Å²) in [5.41, 5.74) is 5.06. The fraction of sp³-hybridized carbons (Fsp3) is 0.522. The Morgan fingerprint density at radius 3 is 2.47 bits per heavy atom. The SMILES string of the molecule is CC[C@@H](COPN(Oc1ccccc1)[C@@H](C)C(=O)OCC(C)C)O[C@H](C)n1ccc(N)nc1=O. The molecule has 1 aromatic heterocycles. The first-order valence-electron chi connectivity index (χ1n) is 11.3. The predicted molar refractivity (Wildman–Crippen MR) is 131 cm³/mol. The molecule has 0 aliphatic rings. The number of benzene rings is 1. The molecule has 10 nitrogen and oxygen atoms in total. The van der Waals surface area contributed by atoms with E-state index in [4.69, 9.17) is 24.6 Å². The zero-order valence-electron chi connectivity index (χ0n) is 20.3. The van der Waals surface area contributed by atoms with Gasteiger partial charge >= 0.3 is 11.7 Å². The van der Waals surface area contributed by atoms with E-state index in [-0.39, 0.29) is 33.4 Å². The van der Waals surface area contributed by atoms with Crippen LogP contribution in [0.2, 0.25) is 0 Å². The lowest BCUT2D eigenvalue weighted by Gasteiger charge is -2.28. The summed E-state index contributed by atoms with van der Waals surface area (Å²) in [6.45, 7) is 9.93. The largest absolute Gasteiger partial charge is 0.464 e. The van der Waals surface area contributed by atoms with Crippen molar-refractivity contribution in [2.45, 2.75) is 59.4 Å². The highest BCUT2D eigenvalue weighted by molar-refractivity contribution is 7.29. The van der Waals surface area contributed by atoms with E-state index < -0.39 is 23.9 Å². The highest BCUT2D eigenvalue weighted by Crippen LogP contribution is 2.27. The number of rotatable bonds is 14. The third-order valence-electron chi connectivity index (χ3n) is 4.71. The molecule has 1 aromatic carbocycles. The molecule has 0 spiro atoms. The average Bonchev–Trinajstić information content (AvgIpc) is 2.81. The fourth-order valence-corrected chi connectivity index (χ4v) is 3.52. The molecule has 2 aromatic rings. The van der Waals surface area contributed by atoms with Gasteiger partial charge in [0.15, 0.2) is 0 Å². The summed E-state index contributed by atoms with van der Waals surface area (Å²) in [6.07, 6.45) is 1.34. The Kier molecular flexibility index (Phi) is 11.4. The van der Waals surface area contributed by atoms with Crippen LogP contribution < -0.4 is 16.3 Å². The molecule has 0 aliphatic heterocycles. The van der Waals surface area contributed by atoms with Crippen molar-refractivity contribution in [2.24, 2.45) is 5.92 Å². The van der Waals surface area contributed by atoms with E-state index in [1.165, 1.54) is 9.40 Å². The molecule has 2 rings (SSSR count). The first-order valence-corrected chi connectivity index (χ1v) is 12.1. The Morgan fingerprint density at radius 1 is 1.15 bits per heavy atom. The molecule has 11 heteroatoms. The number of nitrogens with two attached hydrogens (primary N) is 1. The smallest absolute Gasteiger partial charge is 0.351 e. The number of ether oxygens (including phenoxy) is 2. The first kappa shape index (κ1) is 27.7. The minimum absolute atomic E-state index is 0.157. The molecule has 1 unspecified atom stereocenters. The summed E-state index contributed by atoms with van der Waals surface area (Å²) in [5.74, 6) is 0.568. The maximum atomic E-state index is 12.5. The lowest BCUT2D eigenvalue weighted by molar-refractivity contribution is -0.155. The lowest BCUT2D eigenvalue weighted by Crippen LogP contribution is -2.38. The number of carbonyl (C=O) groups excluding carboxylic acids is 1. The minimum Gasteiger partial charge on any atom is -0.464 e. The number of aromatic nitrogens is 2. The lowest BCUT2D eigenvalue weighted by atomic mass is 10.2. The molecule has 0 radical (unpaired) electrons. The third-order valence-corrected chi connectivity index (χ3v) is 5.66. The molecule has 0 amide bonds. The Balaban J connectivity index is 1.98. The molecule has 0 saturated carbocycles. The van der Waals surface area contributed by atoms with Crippen molar-refractivity contribution in [3.8, 4) is 5.75 Å². The Labute approximate surface area is 202 Å². The van der Waals surface area contributed by atoms with Gasteiger partial charge in [0.2, 0.25) is 0 Å². The van der Waals surface area contributed by atoms with Crippen molar-refractivity contribution in [2.75, 3.05) is 18.9 Å². The molecule has 4 atom stereocenters. The number of anilines is 1. The number of nitrogens with zero attached hydrogens (tertiary/aromatic N) is 3. The van der Waals surface area contributed by atoms with Gasteiger partial charge in [-0.3, -0.25) is 9.36 Å². The van der Waals surface area contributed by atoms with Crippen molar-refractivity contribution < 1.29 is 23.6 Å². The molecule has 0 saturated heterocycles. The normalized spacial score (nSPS) is 14.4. The molecular weight excluding hydrogens is 459 g/mol. The van der Waals surface area contributed by atoms with E-state index in [9.17, 15) is 9.59 Å². The van der Waals surface area contributed by atoms with E-state index in [0.29, 0.717) is 18.8 Å². The zero-order chi connectivity index (χ0) is 25.1. The highest BCUT2D eigenvalue weighted by Gasteiger charge is 2.26. The van der Waals surface area contributed by atoms with Crippen LogP contribution >= 0.6 is 8.96 Å². The number of esters is 1. The van der Waals surface area contributed by atoms with Crippen molar-refractivity contribution in [1.82, 2.24) is 14.4 Å². The van der Waals surface area contributed by atoms with Crippen molar-refractivity contribution in [3.05, 3.63) is 53.1 Å². The molecule has 0 aliphatic carbocycles. The predicted octanol–water partition coefficient (Wildman–Crippen LogP) is 3.55. The van der Waals surface area contributed by atoms with Gasteiger partial charge in [0.25, 0.3) is 0 Å². The maximum Gasteiger partial charge on any atom is 0.351 e. The van der Waals surface area contributed by atoms with Crippen LogP contribution in [0.25, 0.3) is 0 Å². The van der Waals surface area contributed by atoms with Crippen LogP contribution in [0.3, 0.4) is 0 Å². The van der Waals surface area contributed by atoms with Crippen LogP contribution in [-0.2, 0) is 18.8 Å². The van der Waals surface area contributed by atoms with Gasteiger partial charge in [0.05, 0.1) is 19.3 Å². The van der Waals surface area contributed by atoms with Gasteiger partial charge in [-0.15, -0.1) is 0 Å². The Hall–Kier alpha value is -2.52. The monoisotopic (exact) mass is 494 g/mol. The summed E-state index contributed by atoms with van der Waals surface area (Å²) < 4.78 is 18.6. The van der Waals surface area contributed by atoms with E-state index in [0.717, 1.165) is 0 Å². The second kappa shape index (κ2) is 14.0. The van der Waals surface area contributed by atoms with E-state index >= 15 is 0 Å².